The first-order valence-electron chi connectivity index (χ1n) is 11.6. The molecular formula is C26H27N3O6. The standard InChI is InChI=1S/C26H27N3O6/c1-32-20-7-4-17(5-8-20)10-11-29(26(31)19-6-9-23-24(12-19)34-16-33-23)15-21-13-22(28-35-21)25(30)27-14-18-2-3-18/h4-9,12-13,18H,2-3,10-11,14-16H2,1H3,(H,27,30). The van der Waals surface area contributed by atoms with E-state index in [0.29, 0.717) is 48.3 Å². The van der Waals surface area contributed by atoms with Gasteiger partial charge in [0.2, 0.25) is 6.79 Å². The fourth-order valence-corrected chi connectivity index (χ4v) is 3.85. The highest BCUT2D eigenvalue weighted by Gasteiger charge is 2.24. The molecule has 9 nitrogen and oxygen atoms in total. The molecule has 1 aromatic heterocycles. The van der Waals surface area contributed by atoms with Gasteiger partial charge in [0, 0.05) is 24.7 Å². The summed E-state index contributed by atoms with van der Waals surface area (Å²) in [5.41, 5.74) is 1.75. The monoisotopic (exact) mass is 477 g/mol. The number of amides is 2. The SMILES string of the molecule is COc1ccc(CCN(Cc2cc(C(=O)NCC3CC3)no2)C(=O)c2ccc3c(c2)OCO3)cc1. The van der Waals surface area contributed by atoms with Gasteiger partial charge in [0.15, 0.2) is 23.0 Å². The topological polar surface area (TPSA) is 103 Å². The molecule has 35 heavy (non-hydrogen) atoms. The summed E-state index contributed by atoms with van der Waals surface area (Å²) < 4.78 is 21.4. The largest absolute Gasteiger partial charge is 0.497 e. The second-order valence-corrected chi connectivity index (χ2v) is 8.72. The Morgan fingerprint density at radius 1 is 1.09 bits per heavy atom. The van der Waals surface area contributed by atoms with Gasteiger partial charge in [-0.25, -0.2) is 0 Å². The van der Waals surface area contributed by atoms with Crippen LogP contribution in [0.15, 0.2) is 53.1 Å². The number of nitrogens with zero attached hydrogens (tertiary/aromatic N) is 2. The Bertz CT molecular complexity index is 1200. The van der Waals surface area contributed by atoms with Crippen LogP contribution in [0.2, 0.25) is 0 Å². The number of benzene rings is 2. The molecular weight excluding hydrogens is 450 g/mol. The Hall–Kier alpha value is -4.01. The highest BCUT2D eigenvalue weighted by molar-refractivity contribution is 5.95. The number of nitrogens with one attached hydrogen (secondary N) is 1. The summed E-state index contributed by atoms with van der Waals surface area (Å²) in [5.74, 6) is 2.48. The average molecular weight is 478 g/mol. The van der Waals surface area contributed by atoms with Crippen LogP contribution < -0.4 is 19.5 Å². The molecule has 182 valence electrons. The number of methoxy groups -OCH3 is 1. The van der Waals surface area contributed by atoms with Crippen molar-refractivity contribution in [1.29, 1.82) is 0 Å². The Balaban J connectivity index is 1.30. The second-order valence-electron chi connectivity index (χ2n) is 8.72. The zero-order valence-electron chi connectivity index (χ0n) is 19.5. The van der Waals surface area contributed by atoms with Crippen LogP contribution in [0.5, 0.6) is 17.2 Å². The summed E-state index contributed by atoms with van der Waals surface area (Å²) in [4.78, 5) is 27.5. The van der Waals surface area contributed by atoms with Crippen LogP contribution >= 0.6 is 0 Å². The number of rotatable bonds is 10. The lowest BCUT2D eigenvalue weighted by Crippen LogP contribution is -2.32. The van der Waals surface area contributed by atoms with Gasteiger partial charge in [-0.3, -0.25) is 9.59 Å². The Morgan fingerprint density at radius 2 is 1.89 bits per heavy atom. The van der Waals surface area contributed by atoms with Gasteiger partial charge in [-0.15, -0.1) is 0 Å². The van der Waals surface area contributed by atoms with E-state index in [1.807, 2.05) is 24.3 Å². The van der Waals surface area contributed by atoms with E-state index in [0.717, 1.165) is 24.2 Å². The van der Waals surface area contributed by atoms with E-state index < -0.39 is 0 Å². The van der Waals surface area contributed by atoms with E-state index in [1.165, 1.54) is 0 Å². The van der Waals surface area contributed by atoms with Gasteiger partial charge < -0.3 is 29.0 Å². The number of hydrogen-bond acceptors (Lipinski definition) is 7. The number of hydrogen-bond donors (Lipinski definition) is 1. The van der Waals surface area contributed by atoms with Crippen LogP contribution in [-0.4, -0.2) is 48.9 Å². The van der Waals surface area contributed by atoms with Crippen LogP contribution in [0, 0.1) is 5.92 Å². The lowest BCUT2D eigenvalue weighted by Gasteiger charge is -2.22. The molecule has 0 bridgehead atoms. The molecule has 0 radical (unpaired) electrons. The maximum absolute atomic E-state index is 13.5. The lowest BCUT2D eigenvalue weighted by atomic mass is 10.1. The first-order chi connectivity index (χ1) is 17.1. The summed E-state index contributed by atoms with van der Waals surface area (Å²) in [6.45, 7) is 1.39. The predicted molar refractivity (Wildman–Crippen MR) is 126 cm³/mol. The summed E-state index contributed by atoms with van der Waals surface area (Å²) >= 11 is 0. The molecule has 1 fully saturated rings. The van der Waals surface area contributed by atoms with Gasteiger partial charge in [-0.05, 0) is 61.1 Å². The number of fused-ring (bicyclic) bond motifs is 1. The summed E-state index contributed by atoms with van der Waals surface area (Å²) in [6.07, 6.45) is 2.92. The Kier molecular flexibility index (Phi) is 6.56. The molecule has 0 spiro atoms. The number of ether oxygens (including phenoxy) is 3. The number of aromatic nitrogens is 1. The zero-order chi connectivity index (χ0) is 24.2. The summed E-state index contributed by atoms with van der Waals surface area (Å²) in [6, 6.07) is 14.4. The van der Waals surface area contributed by atoms with Crippen molar-refractivity contribution in [2.45, 2.75) is 25.8 Å². The van der Waals surface area contributed by atoms with E-state index in [4.69, 9.17) is 18.7 Å². The minimum absolute atomic E-state index is 0.137. The van der Waals surface area contributed by atoms with Crippen molar-refractivity contribution >= 4 is 11.8 Å². The van der Waals surface area contributed by atoms with Gasteiger partial charge in [-0.2, -0.15) is 0 Å². The van der Waals surface area contributed by atoms with Crippen molar-refractivity contribution in [3.05, 3.63) is 71.1 Å². The smallest absolute Gasteiger partial charge is 0.273 e. The molecule has 0 saturated heterocycles. The van der Waals surface area contributed by atoms with Crippen molar-refractivity contribution in [1.82, 2.24) is 15.4 Å². The average Bonchev–Trinajstić information content (AvgIpc) is 3.39. The Morgan fingerprint density at radius 3 is 2.66 bits per heavy atom. The molecule has 1 N–H and O–H groups in total. The zero-order valence-corrected chi connectivity index (χ0v) is 19.5. The third-order valence-electron chi connectivity index (χ3n) is 6.12. The molecule has 0 unspecified atom stereocenters. The molecule has 2 aromatic carbocycles. The first kappa shape index (κ1) is 22.8. The van der Waals surface area contributed by atoms with Crippen molar-refractivity contribution in [2.75, 3.05) is 27.0 Å². The summed E-state index contributed by atoms with van der Waals surface area (Å²) in [7, 11) is 1.62. The van der Waals surface area contributed by atoms with E-state index in [9.17, 15) is 9.59 Å². The van der Waals surface area contributed by atoms with E-state index in [1.54, 1.807) is 36.3 Å². The number of carbonyl (C=O) groups is 2. The van der Waals surface area contributed by atoms with Crippen LogP contribution in [0.3, 0.4) is 0 Å². The normalized spacial score (nSPS) is 14.0. The van der Waals surface area contributed by atoms with E-state index >= 15 is 0 Å². The van der Waals surface area contributed by atoms with Crippen molar-refractivity contribution in [3.63, 3.8) is 0 Å². The highest BCUT2D eigenvalue weighted by Crippen LogP contribution is 2.33. The molecule has 0 atom stereocenters. The lowest BCUT2D eigenvalue weighted by molar-refractivity contribution is 0.0728. The van der Waals surface area contributed by atoms with Crippen LogP contribution in [0.4, 0.5) is 0 Å². The van der Waals surface area contributed by atoms with Gasteiger partial charge in [0.05, 0.1) is 13.7 Å². The van der Waals surface area contributed by atoms with E-state index in [2.05, 4.69) is 10.5 Å². The van der Waals surface area contributed by atoms with Crippen molar-refractivity contribution in [2.24, 2.45) is 5.92 Å². The van der Waals surface area contributed by atoms with Crippen LogP contribution in [0.25, 0.3) is 0 Å². The minimum atomic E-state index is -0.265. The first-order valence-corrected chi connectivity index (χ1v) is 11.6. The molecule has 1 aliphatic heterocycles. The predicted octanol–water partition coefficient (Wildman–Crippen LogP) is 3.44. The molecule has 1 saturated carbocycles. The summed E-state index contributed by atoms with van der Waals surface area (Å²) in [5, 5.41) is 6.79. The Labute approximate surface area is 202 Å². The van der Waals surface area contributed by atoms with Crippen LogP contribution in [-0.2, 0) is 13.0 Å². The van der Waals surface area contributed by atoms with Gasteiger partial charge in [-0.1, -0.05) is 17.3 Å². The quantitative estimate of drug-likeness (QED) is 0.477. The molecule has 2 amide bonds. The number of carbonyl (C=O) groups excluding carboxylic acids is 2. The minimum Gasteiger partial charge on any atom is -0.497 e. The maximum Gasteiger partial charge on any atom is 0.273 e. The maximum atomic E-state index is 13.5. The van der Waals surface area contributed by atoms with Crippen molar-refractivity contribution in [3.8, 4) is 17.2 Å². The molecule has 1 aliphatic carbocycles. The third kappa shape index (κ3) is 5.56. The van der Waals surface area contributed by atoms with Gasteiger partial charge in [0.25, 0.3) is 11.8 Å². The van der Waals surface area contributed by atoms with E-state index in [-0.39, 0.29) is 30.8 Å². The molecule has 3 aromatic rings. The second kappa shape index (κ2) is 10.1. The van der Waals surface area contributed by atoms with Gasteiger partial charge in [0.1, 0.15) is 5.75 Å². The van der Waals surface area contributed by atoms with Gasteiger partial charge >= 0.3 is 0 Å². The fourth-order valence-electron chi connectivity index (χ4n) is 3.85. The van der Waals surface area contributed by atoms with Crippen molar-refractivity contribution < 1.29 is 28.3 Å². The third-order valence-corrected chi connectivity index (χ3v) is 6.12. The molecule has 5 rings (SSSR count). The molecule has 2 aliphatic rings. The van der Waals surface area contributed by atoms with Crippen LogP contribution in [0.1, 0.15) is 45.0 Å². The fraction of sp³-hybridized carbons (Fsp3) is 0.346. The highest BCUT2D eigenvalue weighted by atomic mass is 16.7. The molecule has 9 heteroatoms. The molecule has 2 heterocycles.